The molecule has 0 saturated carbocycles. The summed E-state index contributed by atoms with van der Waals surface area (Å²) in [5, 5.41) is 1.15. The Morgan fingerprint density at radius 3 is 2.55 bits per heavy atom. The molecule has 2 atom stereocenters. The van der Waals surface area contributed by atoms with Gasteiger partial charge in [-0.3, -0.25) is 9.59 Å². The Hall–Kier alpha value is -3.12. The number of H-pyrrole nitrogens is 1. The number of piperazine rings is 1. The van der Waals surface area contributed by atoms with Gasteiger partial charge in [-0.25, -0.2) is 0 Å². The highest BCUT2D eigenvalue weighted by Crippen LogP contribution is 2.42. The number of rotatable bonds is 6. The molecule has 3 heterocycles. The zero-order valence-corrected chi connectivity index (χ0v) is 19.7. The third kappa shape index (κ3) is 3.93. The van der Waals surface area contributed by atoms with Gasteiger partial charge in [0.1, 0.15) is 6.04 Å². The van der Waals surface area contributed by atoms with Crippen molar-refractivity contribution in [1.82, 2.24) is 19.7 Å². The van der Waals surface area contributed by atoms with E-state index < -0.39 is 6.04 Å². The van der Waals surface area contributed by atoms with Gasteiger partial charge in [-0.15, -0.1) is 0 Å². The van der Waals surface area contributed by atoms with E-state index in [1.807, 2.05) is 17.0 Å². The molecule has 2 aliphatic rings. The van der Waals surface area contributed by atoms with Gasteiger partial charge in [-0.1, -0.05) is 48.0 Å². The van der Waals surface area contributed by atoms with Crippen molar-refractivity contribution in [2.24, 2.45) is 0 Å². The lowest BCUT2D eigenvalue weighted by molar-refractivity contribution is -0.158. The van der Waals surface area contributed by atoms with Crippen molar-refractivity contribution in [2.45, 2.75) is 38.3 Å². The van der Waals surface area contributed by atoms with Crippen molar-refractivity contribution in [1.29, 1.82) is 0 Å². The fourth-order valence-electron chi connectivity index (χ4n) is 5.34. The van der Waals surface area contributed by atoms with Crippen LogP contribution in [0.4, 0.5) is 0 Å². The molecule has 1 N–H and O–H groups in total. The van der Waals surface area contributed by atoms with Crippen molar-refractivity contribution in [2.75, 3.05) is 33.7 Å². The summed E-state index contributed by atoms with van der Waals surface area (Å²) < 4.78 is 0. The van der Waals surface area contributed by atoms with Gasteiger partial charge in [0.15, 0.2) is 0 Å². The molecule has 6 nitrogen and oxygen atoms in total. The Labute approximate surface area is 195 Å². The van der Waals surface area contributed by atoms with Gasteiger partial charge in [0.05, 0.1) is 12.6 Å². The van der Waals surface area contributed by atoms with Crippen LogP contribution in [0.3, 0.4) is 0 Å². The van der Waals surface area contributed by atoms with E-state index in [2.05, 4.69) is 67.3 Å². The number of nitrogens with one attached hydrogen (secondary N) is 1. The molecular weight excluding hydrogens is 412 g/mol. The fourth-order valence-corrected chi connectivity index (χ4v) is 5.34. The van der Waals surface area contributed by atoms with Crippen molar-refractivity contribution < 1.29 is 9.59 Å². The predicted molar refractivity (Wildman–Crippen MR) is 130 cm³/mol. The minimum atomic E-state index is -0.460. The van der Waals surface area contributed by atoms with Crippen LogP contribution < -0.4 is 0 Å². The predicted octanol–water partition coefficient (Wildman–Crippen LogP) is 3.50. The normalized spacial score (nSPS) is 20.5. The summed E-state index contributed by atoms with van der Waals surface area (Å²) in [5.74, 6) is 0.106. The largest absolute Gasteiger partial charge is 0.356 e. The summed E-state index contributed by atoms with van der Waals surface area (Å²) >= 11 is 0. The minimum absolute atomic E-state index is 0.0297. The molecule has 0 bridgehead atoms. The Balaban J connectivity index is 1.52. The highest BCUT2D eigenvalue weighted by atomic mass is 16.2. The lowest BCUT2D eigenvalue weighted by Gasteiger charge is -2.47. The number of carbonyl (C=O) groups is 2. The van der Waals surface area contributed by atoms with E-state index in [4.69, 9.17) is 0 Å². The van der Waals surface area contributed by atoms with Crippen LogP contribution in [-0.2, 0) is 16.0 Å². The average molecular weight is 445 g/mol. The molecule has 1 fully saturated rings. The summed E-state index contributed by atoms with van der Waals surface area (Å²) in [4.78, 5) is 36.5. The standard InChI is InChI=1S/C27H32N4O2/c1-18-10-12-19(13-11-18)26-25-21(20-8-4-5-9-22(20)28-25)16-23-27(33)30(17-24(32)31(23)26)15-7-6-14-29(2)3/h4-5,8-13,23,26,28H,6-7,14-17H2,1-3H3/t23?,26-/m1/s1. The number of amides is 2. The van der Waals surface area contributed by atoms with E-state index in [1.165, 1.54) is 5.56 Å². The van der Waals surface area contributed by atoms with Crippen LogP contribution in [0.1, 0.15) is 41.3 Å². The summed E-state index contributed by atoms with van der Waals surface area (Å²) in [6.45, 7) is 3.85. The van der Waals surface area contributed by atoms with Gasteiger partial charge in [0, 0.05) is 29.6 Å². The van der Waals surface area contributed by atoms with Crippen LogP contribution in [0.15, 0.2) is 48.5 Å². The van der Waals surface area contributed by atoms with E-state index in [1.54, 1.807) is 4.90 Å². The zero-order chi connectivity index (χ0) is 23.1. The third-order valence-corrected chi connectivity index (χ3v) is 7.02. The molecular formula is C27H32N4O2. The van der Waals surface area contributed by atoms with Crippen LogP contribution in [0, 0.1) is 6.92 Å². The molecule has 5 rings (SSSR count). The number of unbranched alkanes of at least 4 members (excludes halogenated alkanes) is 1. The first-order valence-corrected chi connectivity index (χ1v) is 11.8. The molecule has 2 aliphatic heterocycles. The molecule has 6 heteroatoms. The first-order chi connectivity index (χ1) is 15.9. The van der Waals surface area contributed by atoms with Gasteiger partial charge < -0.3 is 19.7 Å². The molecule has 2 aromatic carbocycles. The number of aryl methyl sites for hydroxylation is 1. The second-order valence-corrected chi connectivity index (χ2v) is 9.67. The maximum Gasteiger partial charge on any atom is 0.246 e. The number of fused-ring (bicyclic) bond motifs is 4. The van der Waals surface area contributed by atoms with Crippen molar-refractivity contribution >= 4 is 22.7 Å². The lowest BCUT2D eigenvalue weighted by atomic mass is 9.86. The molecule has 1 aromatic heterocycles. The topological polar surface area (TPSA) is 59.7 Å². The van der Waals surface area contributed by atoms with E-state index in [-0.39, 0.29) is 24.4 Å². The van der Waals surface area contributed by atoms with Crippen LogP contribution in [0.25, 0.3) is 10.9 Å². The van der Waals surface area contributed by atoms with Crippen molar-refractivity contribution in [3.63, 3.8) is 0 Å². The molecule has 33 heavy (non-hydrogen) atoms. The van der Waals surface area contributed by atoms with Gasteiger partial charge in [0.2, 0.25) is 11.8 Å². The number of aromatic amines is 1. The Morgan fingerprint density at radius 1 is 1.03 bits per heavy atom. The van der Waals surface area contributed by atoms with Gasteiger partial charge >= 0.3 is 0 Å². The number of benzene rings is 2. The van der Waals surface area contributed by atoms with Crippen LogP contribution >= 0.6 is 0 Å². The highest BCUT2D eigenvalue weighted by molar-refractivity contribution is 5.97. The number of nitrogens with zero attached hydrogens (tertiary/aromatic N) is 3. The van der Waals surface area contributed by atoms with Crippen LogP contribution in [0.2, 0.25) is 0 Å². The molecule has 2 amide bonds. The number of hydrogen-bond acceptors (Lipinski definition) is 3. The molecule has 1 saturated heterocycles. The number of aromatic nitrogens is 1. The Morgan fingerprint density at radius 2 is 1.79 bits per heavy atom. The first-order valence-electron chi connectivity index (χ1n) is 11.8. The quantitative estimate of drug-likeness (QED) is 0.592. The molecule has 0 aliphatic carbocycles. The van der Waals surface area contributed by atoms with Gasteiger partial charge in [-0.05, 0) is 57.6 Å². The SMILES string of the molecule is Cc1ccc([C@@H]2c3[nH]c4ccccc4c3CC3C(=O)N(CCCCN(C)C)CC(=O)N32)cc1. The highest BCUT2D eigenvalue weighted by Gasteiger charge is 2.47. The monoisotopic (exact) mass is 444 g/mol. The second kappa shape index (κ2) is 8.67. The van der Waals surface area contributed by atoms with Crippen molar-refractivity contribution in [3.8, 4) is 0 Å². The van der Waals surface area contributed by atoms with E-state index >= 15 is 0 Å². The third-order valence-electron chi connectivity index (χ3n) is 7.02. The van der Waals surface area contributed by atoms with Crippen LogP contribution in [-0.4, -0.2) is 71.3 Å². The maximum atomic E-state index is 13.6. The van der Waals surface area contributed by atoms with Crippen LogP contribution in [0.5, 0.6) is 0 Å². The fraction of sp³-hybridized carbons (Fsp3) is 0.407. The second-order valence-electron chi connectivity index (χ2n) is 9.67. The summed E-state index contributed by atoms with van der Waals surface area (Å²) in [5.41, 5.74) is 5.47. The van der Waals surface area contributed by atoms with Gasteiger partial charge in [0.25, 0.3) is 0 Å². The maximum absolute atomic E-state index is 13.6. The minimum Gasteiger partial charge on any atom is -0.356 e. The number of para-hydroxylation sites is 1. The summed E-state index contributed by atoms with van der Waals surface area (Å²) in [6.07, 6.45) is 2.47. The molecule has 0 spiro atoms. The zero-order valence-electron chi connectivity index (χ0n) is 19.7. The average Bonchev–Trinajstić information content (AvgIpc) is 3.17. The van der Waals surface area contributed by atoms with E-state index in [0.29, 0.717) is 13.0 Å². The lowest BCUT2D eigenvalue weighted by Crippen LogP contribution is -2.63. The van der Waals surface area contributed by atoms with E-state index in [0.717, 1.165) is 47.1 Å². The Kier molecular flexibility index (Phi) is 5.71. The number of hydrogen-bond donors (Lipinski definition) is 1. The van der Waals surface area contributed by atoms with E-state index in [9.17, 15) is 9.59 Å². The molecule has 172 valence electrons. The summed E-state index contributed by atoms with van der Waals surface area (Å²) in [6, 6.07) is 15.8. The molecule has 0 radical (unpaired) electrons. The number of carbonyl (C=O) groups excluding carboxylic acids is 2. The van der Waals surface area contributed by atoms with Crippen molar-refractivity contribution in [3.05, 3.63) is 70.9 Å². The molecule has 1 unspecified atom stereocenters. The summed E-state index contributed by atoms with van der Waals surface area (Å²) in [7, 11) is 4.11. The Bertz CT molecular complexity index is 1180. The van der Waals surface area contributed by atoms with Gasteiger partial charge in [-0.2, -0.15) is 0 Å². The smallest absolute Gasteiger partial charge is 0.246 e. The first kappa shape index (κ1) is 21.7. The molecule has 3 aromatic rings.